The maximum Gasteiger partial charge on any atom is 0.200 e. The molecule has 1 aromatic carbocycles. The molecule has 0 amide bonds. The van der Waals surface area contributed by atoms with E-state index in [1.807, 2.05) is 51.1 Å². The molecule has 0 N–H and O–H groups in total. The van der Waals surface area contributed by atoms with Gasteiger partial charge >= 0.3 is 0 Å². The van der Waals surface area contributed by atoms with E-state index in [2.05, 4.69) is 9.88 Å². The number of fused-ring (bicyclic) bond motifs is 1. The lowest BCUT2D eigenvalue weighted by molar-refractivity contribution is -0.530. The zero-order valence-electron chi connectivity index (χ0n) is 16.8. The minimum atomic E-state index is -0.485. The number of nitrogens with zero attached hydrogens (tertiary/aromatic N) is 3. The van der Waals surface area contributed by atoms with Crippen molar-refractivity contribution in [2.75, 3.05) is 26.2 Å². The Hall–Kier alpha value is -2.14. The number of piperidine rings is 1. The van der Waals surface area contributed by atoms with Crippen molar-refractivity contribution in [2.45, 2.75) is 52.0 Å². The molecule has 1 aliphatic rings. The average molecular weight is 370 g/mol. The molecule has 146 valence electrons. The van der Waals surface area contributed by atoms with Gasteiger partial charge in [-0.15, -0.1) is 0 Å². The molecular weight excluding hydrogens is 338 g/mol. The molecule has 3 rings (SSSR count). The number of hydrogen-bond donors (Lipinski definition) is 0. The first-order chi connectivity index (χ1) is 12.9. The number of para-hydroxylation sites is 1. The molecule has 0 bridgehead atoms. The van der Waals surface area contributed by atoms with Gasteiger partial charge in [0.2, 0.25) is 6.21 Å². The molecule has 2 heterocycles. The van der Waals surface area contributed by atoms with Crippen LogP contribution in [-0.2, 0) is 0 Å². The van der Waals surface area contributed by atoms with E-state index in [0.717, 1.165) is 34.4 Å². The fourth-order valence-corrected chi connectivity index (χ4v) is 3.29. The van der Waals surface area contributed by atoms with E-state index in [4.69, 9.17) is 4.74 Å². The van der Waals surface area contributed by atoms with E-state index in [1.54, 1.807) is 6.21 Å². The molecule has 5 heteroatoms. The Kier molecular flexibility index (Phi) is 6.32. The van der Waals surface area contributed by atoms with Gasteiger partial charge in [-0.2, -0.15) is 0 Å². The van der Waals surface area contributed by atoms with Gasteiger partial charge in [0.25, 0.3) is 0 Å². The van der Waals surface area contributed by atoms with E-state index in [0.29, 0.717) is 12.3 Å². The van der Waals surface area contributed by atoms with Gasteiger partial charge < -0.3 is 14.8 Å². The average Bonchev–Trinajstić information content (AvgIpc) is 2.65. The predicted octanol–water partition coefficient (Wildman–Crippen LogP) is 4.22. The van der Waals surface area contributed by atoms with Crippen LogP contribution in [-0.4, -0.2) is 52.6 Å². The molecule has 2 aromatic rings. The number of hydroxylamine groups is 1. The summed E-state index contributed by atoms with van der Waals surface area (Å²) in [5.74, 6) is 0.787. The number of aromatic nitrogens is 1. The summed E-state index contributed by atoms with van der Waals surface area (Å²) in [5.41, 5.74) is 0.976. The largest absolute Gasteiger partial charge is 0.623 e. The Morgan fingerprint density at radius 3 is 2.67 bits per heavy atom. The third kappa shape index (κ3) is 5.42. The Bertz CT molecular complexity index is 790. The van der Waals surface area contributed by atoms with Crippen molar-refractivity contribution in [2.24, 2.45) is 0 Å². The third-order valence-electron chi connectivity index (χ3n) is 4.94. The highest BCUT2D eigenvalue weighted by Crippen LogP contribution is 2.24. The quantitative estimate of drug-likeness (QED) is 0.252. The smallest absolute Gasteiger partial charge is 0.200 e. The van der Waals surface area contributed by atoms with Crippen LogP contribution in [0.4, 0.5) is 0 Å². The van der Waals surface area contributed by atoms with Crippen LogP contribution in [0.1, 0.15) is 52.1 Å². The van der Waals surface area contributed by atoms with Gasteiger partial charge in [-0.05, 0) is 44.5 Å². The molecule has 0 unspecified atom stereocenters. The standard InChI is InChI=1S/C22H31N3O2/c1-22(2,3)25(26)17-19-12-11-18-9-7-10-20(21(18)23-19)27-16-8-15-24-13-5-4-6-14-24/h7,9-12,17H,4-6,8,13-16H2,1-3H3/b25-17-. The molecule has 0 spiro atoms. The second-order valence-corrected chi connectivity index (χ2v) is 8.29. The molecular formula is C22H31N3O2. The lowest BCUT2D eigenvalue weighted by atomic mass is 10.1. The number of rotatable bonds is 6. The molecule has 27 heavy (non-hydrogen) atoms. The Labute approximate surface area is 162 Å². The summed E-state index contributed by atoms with van der Waals surface area (Å²) in [6, 6.07) is 9.83. The van der Waals surface area contributed by atoms with E-state index < -0.39 is 5.54 Å². The van der Waals surface area contributed by atoms with Gasteiger partial charge in [-0.1, -0.05) is 24.6 Å². The van der Waals surface area contributed by atoms with Crippen LogP contribution in [0.2, 0.25) is 0 Å². The lowest BCUT2D eigenvalue weighted by Gasteiger charge is -2.26. The SMILES string of the molecule is CC(C)(C)/[N+]([O-])=C/c1ccc2cccc(OCCCN3CCCCC3)c2n1. The van der Waals surface area contributed by atoms with Gasteiger partial charge in [0.15, 0.2) is 5.54 Å². The highest BCUT2D eigenvalue weighted by Gasteiger charge is 2.18. The monoisotopic (exact) mass is 369 g/mol. The maximum atomic E-state index is 12.2. The van der Waals surface area contributed by atoms with Crippen molar-refractivity contribution in [1.29, 1.82) is 0 Å². The highest BCUT2D eigenvalue weighted by molar-refractivity contribution is 5.87. The van der Waals surface area contributed by atoms with Crippen LogP contribution in [0.25, 0.3) is 10.9 Å². The van der Waals surface area contributed by atoms with Gasteiger partial charge in [0.05, 0.1) is 6.61 Å². The zero-order valence-corrected chi connectivity index (χ0v) is 16.8. The van der Waals surface area contributed by atoms with Gasteiger partial charge in [0, 0.05) is 32.7 Å². The van der Waals surface area contributed by atoms with Crippen LogP contribution in [0.3, 0.4) is 0 Å². The minimum Gasteiger partial charge on any atom is -0.623 e. The molecule has 1 aromatic heterocycles. The summed E-state index contributed by atoms with van der Waals surface area (Å²) in [5, 5.41) is 13.2. The molecule has 5 nitrogen and oxygen atoms in total. The molecule has 1 saturated heterocycles. The lowest BCUT2D eigenvalue weighted by Crippen LogP contribution is -2.31. The summed E-state index contributed by atoms with van der Waals surface area (Å²) in [6.07, 6.45) is 6.56. The van der Waals surface area contributed by atoms with Crippen LogP contribution in [0.15, 0.2) is 30.3 Å². The Morgan fingerprint density at radius 1 is 1.15 bits per heavy atom. The highest BCUT2D eigenvalue weighted by atomic mass is 16.5. The van der Waals surface area contributed by atoms with Gasteiger partial charge in [-0.25, -0.2) is 9.72 Å². The maximum absolute atomic E-state index is 12.2. The molecule has 1 fully saturated rings. The summed E-state index contributed by atoms with van der Waals surface area (Å²) >= 11 is 0. The summed E-state index contributed by atoms with van der Waals surface area (Å²) in [4.78, 5) is 7.19. The van der Waals surface area contributed by atoms with Crippen molar-refractivity contribution >= 4 is 17.1 Å². The fraction of sp³-hybridized carbons (Fsp3) is 0.545. The van der Waals surface area contributed by atoms with E-state index in [9.17, 15) is 5.21 Å². The van der Waals surface area contributed by atoms with Crippen LogP contribution < -0.4 is 4.74 Å². The number of likely N-dealkylation sites (tertiary alicyclic amines) is 1. The van der Waals surface area contributed by atoms with Crippen molar-refractivity contribution in [3.05, 3.63) is 41.2 Å². The van der Waals surface area contributed by atoms with E-state index in [-0.39, 0.29) is 0 Å². The molecule has 1 aliphatic heterocycles. The van der Waals surface area contributed by atoms with E-state index in [1.165, 1.54) is 32.4 Å². The van der Waals surface area contributed by atoms with Gasteiger partial charge in [0.1, 0.15) is 17.0 Å². The molecule has 0 atom stereocenters. The number of hydrogen-bond acceptors (Lipinski definition) is 4. The second-order valence-electron chi connectivity index (χ2n) is 8.29. The first-order valence-corrected chi connectivity index (χ1v) is 10.00. The van der Waals surface area contributed by atoms with Crippen LogP contribution >= 0.6 is 0 Å². The molecule has 0 radical (unpaired) electrons. The first kappa shape index (κ1) is 19.6. The third-order valence-corrected chi connectivity index (χ3v) is 4.94. The molecule has 0 aliphatic carbocycles. The summed E-state index contributed by atoms with van der Waals surface area (Å²) in [6.45, 7) is 9.86. The van der Waals surface area contributed by atoms with Crippen molar-refractivity contribution < 1.29 is 9.48 Å². The number of ether oxygens (including phenoxy) is 1. The second kappa shape index (κ2) is 8.70. The predicted molar refractivity (Wildman–Crippen MR) is 111 cm³/mol. The molecule has 0 saturated carbocycles. The normalized spacial score (nSPS) is 16.6. The number of benzene rings is 1. The topological polar surface area (TPSA) is 51.4 Å². The van der Waals surface area contributed by atoms with Crippen molar-refractivity contribution in [3.8, 4) is 5.75 Å². The zero-order chi connectivity index (χ0) is 19.3. The van der Waals surface area contributed by atoms with Crippen molar-refractivity contribution in [3.63, 3.8) is 0 Å². The fourth-order valence-electron chi connectivity index (χ4n) is 3.29. The van der Waals surface area contributed by atoms with Crippen molar-refractivity contribution in [1.82, 2.24) is 9.88 Å². The van der Waals surface area contributed by atoms with Crippen LogP contribution in [0.5, 0.6) is 5.75 Å². The van der Waals surface area contributed by atoms with Crippen LogP contribution in [0, 0.1) is 5.21 Å². The summed E-state index contributed by atoms with van der Waals surface area (Å²) < 4.78 is 6.99. The van der Waals surface area contributed by atoms with E-state index >= 15 is 0 Å². The first-order valence-electron chi connectivity index (χ1n) is 10.00. The Balaban J connectivity index is 1.68. The summed E-state index contributed by atoms with van der Waals surface area (Å²) in [7, 11) is 0. The Morgan fingerprint density at radius 2 is 1.93 bits per heavy atom. The number of pyridine rings is 1. The minimum absolute atomic E-state index is 0.485. The van der Waals surface area contributed by atoms with Gasteiger partial charge in [-0.3, -0.25) is 0 Å².